The molecule has 0 saturated carbocycles. The van der Waals surface area contributed by atoms with Crippen LogP contribution in [0.1, 0.15) is 19.3 Å². The zero-order valence-corrected chi connectivity index (χ0v) is 19.5. The van der Waals surface area contributed by atoms with E-state index < -0.39 is 10.0 Å². The summed E-state index contributed by atoms with van der Waals surface area (Å²) in [5.41, 5.74) is 0.547. The van der Waals surface area contributed by atoms with Gasteiger partial charge in [-0.25, -0.2) is 8.42 Å². The van der Waals surface area contributed by atoms with Gasteiger partial charge in [-0.2, -0.15) is 4.31 Å². The van der Waals surface area contributed by atoms with Crippen molar-refractivity contribution in [1.29, 1.82) is 0 Å². The van der Waals surface area contributed by atoms with Crippen LogP contribution in [0.3, 0.4) is 0 Å². The van der Waals surface area contributed by atoms with Gasteiger partial charge in [-0.1, -0.05) is 0 Å². The summed E-state index contributed by atoms with van der Waals surface area (Å²) in [6, 6.07) is 9.85. The molecule has 2 heterocycles. The number of rotatable bonds is 6. The molecule has 9 nitrogen and oxygen atoms in total. The van der Waals surface area contributed by atoms with Crippen molar-refractivity contribution in [2.75, 3.05) is 45.8 Å². The van der Waals surface area contributed by atoms with Crippen LogP contribution in [0.4, 0.5) is 5.69 Å². The van der Waals surface area contributed by atoms with E-state index in [1.807, 2.05) is 0 Å². The van der Waals surface area contributed by atoms with E-state index in [1.165, 1.54) is 23.5 Å². The highest BCUT2D eigenvalue weighted by Crippen LogP contribution is 2.34. The fourth-order valence-corrected chi connectivity index (χ4v) is 5.43. The highest BCUT2D eigenvalue weighted by atomic mass is 32.2. The number of anilines is 1. The van der Waals surface area contributed by atoms with E-state index in [0.717, 1.165) is 6.42 Å². The number of fused-ring (bicyclic) bond motifs is 1. The van der Waals surface area contributed by atoms with Crippen molar-refractivity contribution in [3.63, 3.8) is 0 Å². The number of hydrogen-bond donors (Lipinski definition) is 1. The zero-order valence-electron chi connectivity index (χ0n) is 18.7. The maximum Gasteiger partial charge on any atom is 0.243 e. The number of hydrogen-bond acceptors (Lipinski definition) is 7. The summed E-state index contributed by atoms with van der Waals surface area (Å²) in [5.74, 6) is 1.65. The summed E-state index contributed by atoms with van der Waals surface area (Å²) in [6.07, 6.45) is 1.59. The lowest BCUT2D eigenvalue weighted by Gasteiger charge is -2.30. The van der Waals surface area contributed by atoms with Crippen molar-refractivity contribution in [2.24, 2.45) is 5.92 Å². The van der Waals surface area contributed by atoms with Gasteiger partial charge in [-0.05, 0) is 37.1 Å². The maximum atomic E-state index is 13.2. The van der Waals surface area contributed by atoms with Gasteiger partial charge in [-0.15, -0.1) is 0 Å². The lowest BCUT2D eigenvalue weighted by molar-refractivity contribution is -0.120. The Morgan fingerprint density at radius 1 is 1.00 bits per heavy atom. The molecule has 0 aromatic heterocycles. The van der Waals surface area contributed by atoms with E-state index in [9.17, 15) is 13.2 Å². The van der Waals surface area contributed by atoms with Crippen LogP contribution in [-0.4, -0.2) is 59.2 Å². The summed E-state index contributed by atoms with van der Waals surface area (Å²) in [6.45, 7) is 1.54. The van der Waals surface area contributed by atoms with Crippen LogP contribution in [0.2, 0.25) is 0 Å². The highest BCUT2D eigenvalue weighted by molar-refractivity contribution is 7.89. The number of piperidine rings is 1. The molecule has 2 aromatic carbocycles. The van der Waals surface area contributed by atoms with Gasteiger partial charge in [0.05, 0.1) is 38.0 Å². The Bertz CT molecular complexity index is 1110. The SMILES string of the molecule is COc1ccc(NC(=O)C2CCN(S(=O)(=O)c3ccc4c(c3)OCCCO4)CC2)c(OC)c1. The first kappa shape index (κ1) is 23.2. The minimum absolute atomic E-state index is 0.161. The van der Waals surface area contributed by atoms with Gasteiger partial charge in [0.2, 0.25) is 15.9 Å². The summed E-state index contributed by atoms with van der Waals surface area (Å²) in [4.78, 5) is 13.0. The van der Waals surface area contributed by atoms with E-state index in [1.54, 1.807) is 31.4 Å². The molecule has 1 saturated heterocycles. The fourth-order valence-electron chi connectivity index (χ4n) is 3.95. The molecule has 2 aliphatic rings. The Morgan fingerprint density at radius 2 is 1.73 bits per heavy atom. The molecular weight excluding hydrogens is 448 g/mol. The predicted octanol–water partition coefficient (Wildman–Crippen LogP) is 2.90. The van der Waals surface area contributed by atoms with E-state index in [0.29, 0.717) is 54.7 Å². The number of nitrogens with one attached hydrogen (secondary N) is 1. The largest absolute Gasteiger partial charge is 0.497 e. The van der Waals surface area contributed by atoms with Crippen LogP contribution in [0.15, 0.2) is 41.3 Å². The van der Waals surface area contributed by atoms with Crippen LogP contribution in [-0.2, 0) is 14.8 Å². The molecule has 2 aliphatic heterocycles. The fraction of sp³-hybridized carbons (Fsp3) is 0.435. The molecule has 4 rings (SSSR count). The number of methoxy groups -OCH3 is 2. The molecule has 0 atom stereocenters. The van der Waals surface area contributed by atoms with Gasteiger partial charge in [0, 0.05) is 37.6 Å². The Balaban J connectivity index is 1.40. The Morgan fingerprint density at radius 3 is 2.42 bits per heavy atom. The molecule has 1 N–H and O–H groups in total. The number of benzene rings is 2. The first-order valence-corrected chi connectivity index (χ1v) is 12.3. The molecule has 0 bridgehead atoms. The second kappa shape index (κ2) is 9.88. The van der Waals surface area contributed by atoms with Crippen molar-refractivity contribution < 1.29 is 32.2 Å². The van der Waals surface area contributed by atoms with Gasteiger partial charge in [0.15, 0.2) is 11.5 Å². The third-order valence-electron chi connectivity index (χ3n) is 5.85. The second-order valence-electron chi connectivity index (χ2n) is 7.89. The van der Waals surface area contributed by atoms with E-state index in [4.69, 9.17) is 18.9 Å². The van der Waals surface area contributed by atoms with Crippen LogP contribution >= 0.6 is 0 Å². The quantitative estimate of drug-likeness (QED) is 0.684. The molecule has 0 unspecified atom stereocenters. The van der Waals surface area contributed by atoms with Crippen LogP contribution < -0.4 is 24.3 Å². The molecule has 0 radical (unpaired) electrons. The topological polar surface area (TPSA) is 103 Å². The normalized spacial score (nSPS) is 17.2. The standard InChI is InChI=1S/C23H28N2O7S/c1-29-17-4-6-19(21(14-17)30-2)24-23(26)16-8-10-25(11-9-16)33(27,28)18-5-7-20-22(15-18)32-13-3-12-31-20/h4-7,14-16H,3,8-13H2,1-2H3,(H,24,26). The third-order valence-corrected chi connectivity index (χ3v) is 7.74. The van der Waals surface area contributed by atoms with Gasteiger partial charge in [0.1, 0.15) is 11.5 Å². The average Bonchev–Trinajstić information content (AvgIpc) is 3.09. The van der Waals surface area contributed by atoms with E-state index in [2.05, 4.69) is 5.32 Å². The van der Waals surface area contributed by atoms with Gasteiger partial charge in [0.25, 0.3) is 0 Å². The number of carbonyl (C=O) groups is 1. The molecule has 0 aliphatic carbocycles. The number of nitrogens with zero attached hydrogens (tertiary/aromatic N) is 1. The van der Waals surface area contributed by atoms with Gasteiger partial charge >= 0.3 is 0 Å². The lowest BCUT2D eigenvalue weighted by Crippen LogP contribution is -2.41. The van der Waals surface area contributed by atoms with Gasteiger partial charge in [-0.3, -0.25) is 4.79 Å². The van der Waals surface area contributed by atoms with E-state index >= 15 is 0 Å². The minimum Gasteiger partial charge on any atom is -0.497 e. The van der Waals surface area contributed by atoms with Crippen LogP contribution in [0.5, 0.6) is 23.0 Å². The Labute approximate surface area is 193 Å². The summed E-state index contributed by atoms with van der Waals surface area (Å²) >= 11 is 0. The molecule has 33 heavy (non-hydrogen) atoms. The van der Waals surface area contributed by atoms with Crippen molar-refractivity contribution in [2.45, 2.75) is 24.2 Å². The summed E-state index contributed by atoms with van der Waals surface area (Å²) < 4.78 is 49.5. The van der Waals surface area contributed by atoms with Crippen LogP contribution in [0, 0.1) is 5.92 Å². The Kier molecular flexibility index (Phi) is 6.94. The lowest BCUT2D eigenvalue weighted by atomic mass is 9.97. The van der Waals surface area contributed by atoms with Crippen molar-refractivity contribution in [3.05, 3.63) is 36.4 Å². The molecule has 1 amide bonds. The number of sulfonamides is 1. The smallest absolute Gasteiger partial charge is 0.243 e. The van der Waals surface area contributed by atoms with E-state index in [-0.39, 0.29) is 29.8 Å². The predicted molar refractivity (Wildman–Crippen MR) is 122 cm³/mol. The monoisotopic (exact) mass is 476 g/mol. The molecular formula is C23H28N2O7S. The molecule has 2 aromatic rings. The highest BCUT2D eigenvalue weighted by Gasteiger charge is 2.33. The Hall–Kier alpha value is -2.98. The summed E-state index contributed by atoms with van der Waals surface area (Å²) in [7, 11) is -0.624. The number of amides is 1. The second-order valence-corrected chi connectivity index (χ2v) is 9.83. The first-order valence-electron chi connectivity index (χ1n) is 10.8. The maximum absolute atomic E-state index is 13.2. The zero-order chi connectivity index (χ0) is 23.4. The van der Waals surface area contributed by atoms with Crippen molar-refractivity contribution in [1.82, 2.24) is 4.31 Å². The van der Waals surface area contributed by atoms with Gasteiger partial charge < -0.3 is 24.3 Å². The molecule has 1 fully saturated rings. The van der Waals surface area contributed by atoms with Crippen molar-refractivity contribution >= 4 is 21.6 Å². The summed E-state index contributed by atoms with van der Waals surface area (Å²) in [5, 5.41) is 2.89. The minimum atomic E-state index is -3.70. The number of carbonyl (C=O) groups excluding carboxylic acids is 1. The third kappa shape index (κ3) is 5.01. The molecule has 178 valence electrons. The molecule has 10 heteroatoms. The first-order chi connectivity index (χ1) is 15.9. The average molecular weight is 477 g/mol. The van der Waals surface area contributed by atoms with Crippen LogP contribution in [0.25, 0.3) is 0 Å². The molecule has 0 spiro atoms. The van der Waals surface area contributed by atoms with Crippen molar-refractivity contribution in [3.8, 4) is 23.0 Å². The number of ether oxygens (including phenoxy) is 4.